The van der Waals surface area contributed by atoms with Crippen LogP contribution in [0.5, 0.6) is 5.75 Å². The molecule has 0 unspecified atom stereocenters. The number of nitriles is 2. The monoisotopic (exact) mass is 338 g/mol. The van der Waals surface area contributed by atoms with Crippen molar-refractivity contribution in [3.63, 3.8) is 0 Å². The van der Waals surface area contributed by atoms with E-state index >= 15 is 0 Å². The molecule has 2 rings (SSSR count). The lowest BCUT2D eigenvalue weighted by Gasteiger charge is -2.11. The molecule has 1 heterocycles. The maximum Gasteiger partial charge on any atom is 0.209 e. The van der Waals surface area contributed by atoms with Gasteiger partial charge < -0.3 is 21.1 Å². The molecule has 0 atom stereocenters. The lowest BCUT2D eigenvalue weighted by molar-refractivity contribution is -0.115. The molecule has 0 bridgehead atoms. The van der Waals surface area contributed by atoms with Crippen LogP contribution < -0.4 is 16.2 Å². The van der Waals surface area contributed by atoms with Gasteiger partial charge in [-0.25, -0.2) is 4.98 Å². The van der Waals surface area contributed by atoms with Gasteiger partial charge in [0.05, 0.1) is 7.11 Å². The number of hydrogen-bond acceptors (Lipinski definition) is 7. The first-order valence-corrected chi connectivity index (χ1v) is 7.04. The maximum absolute atomic E-state index is 9.43. The van der Waals surface area contributed by atoms with Crippen molar-refractivity contribution in [3.8, 4) is 29.0 Å². The van der Waals surface area contributed by atoms with Gasteiger partial charge in [-0.1, -0.05) is 12.1 Å². The molecule has 0 aliphatic rings. The van der Waals surface area contributed by atoms with Crippen LogP contribution in [0.2, 0.25) is 0 Å². The molecule has 1 aromatic carbocycles. The van der Waals surface area contributed by atoms with Crippen molar-refractivity contribution in [1.82, 2.24) is 9.88 Å². The summed E-state index contributed by atoms with van der Waals surface area (Å²) in [6.45, 7) is 0. The lowest BCUT2D eigenvalue weighted by atomic mass is 9.96. The summed E-state index contributed by atoms with van der Waals surface area (Å²) in [5.74, 6) is 0.686. The van der Waals surface area contributed by atoms with E-state index in [1.54, 1.807) is 45.5 Å². The van der Waals surface area contributed by atoms with Crippen molar-refractivity contribution >= 4 is 18.0 Å². The second kappa shape index (κ2) is 8.75. The third kappa shape index (κ3) is 4.60. The number of pyridine rings is 1. The molecular weight excluding hydrogens is 320 g/mol. The molecule has 8 heteroatoms. The fourth-order valence-electron chi connectivity index (χ4n) is 1.90. The highest BCUT2D eigenvalue weighted by Gasteiger charge is 2.18. The van der Waals surface area contributed by atoms with Gasteiger partial charge in [-0.15, -0.1) is 0 Å². The summed E-state index contributed by atoms with van der Waals surface area (Å²) >= 11 is 0. The van der Waals surface area contributed by atoms with Crippen molar-refractivity contribution in [2.45, 2.75) is 0 Å². The number of aromatic nitrogens is 1. The van der Waals surface area contributed by atoms with Crippen LogP contribution in [-0.2, 0) is 4.79 Å². The Hall–Kier alpha value is -3.78. The van der Waals surface area contributed by atoms with Gasteiger partial charge in [0.25, 0.3) is 0 Å². The summed E-state index contributed by atoms with van der Waals surface area (Å²) in [5.41, 5.74) is 12.7. The molecule has 0 saturated heterocycles. The van der Waals surface area contributed by atoms with Gasteiger partial charge >= 0.3 is 0 Å². The summed E-state index contributed by atoms with van der Waals surface area (Å²) < 4.78 is 5.07. The minimum Gasteiger partial charge on any atom is -0.497 e. The Morgan fingerprint density at radius 3 is 1.84 bits per heavy atom. The summed E-state index contributed by atoms with van der Waals surface area (Å²) in [5, 5.41) is 18.5. The standard InChI is InChI=1S/C14H11N5O.C3H7NO/c1-20-9-4-2-8(3-5-9)12-10(6-15)13(17)19-14(18)11(12)7-16;1-4(2)3-5/h2-5H,1H3,(H4,17,18,19);3H,1-2H3. The molecule has 8 nitrogen and oxygen atoms in total. The number of nitrogens with zero attached hydrogens (tertiary/aromatic N) is 4. The minimum atomic E-state index is 0.00909. The number of ether oxygens (including phenoxy) is 1. The average Bonchev–Trinajstić information content (AvgIpc) is 2.61. The number of amides is 1. The van der Waals surface area contributed by atoms with E-state index in [4.69, 9.17) is 16.2 Å². The fraction of sp³-hybridized carbons (Fsp3) is 0.176. The Balaban J connectivity index is 0.000000550. The highest BCUT2D eigenvalue weighted by Crippen LogP contribution is 2.33. The largest absolute Gasteiger partial charge is 0.497 e. The smallest absolute Gasteiger partial charge is 0.209 e. The lowest BCUT2D eigenvalue weighted by Crippen LogP contribution is -2.06. The van der Waals surface area contributed by atoms with Crippen LogP contribution in [0.25, 0.3) is 11.1 Å². The van der Waals surface area contributed by atoms with Crippen molar-refractivity contribution in [1.29, 1.82) is 10.5 Å². The van der Waals surface area contributed by atoms with Crippen molar-refractivity contribution in [2.75, 3.05) is 32.7 Å². The summed E-state index contributed by atoms with van der Waals surface area (Å²) in [6, 6.07) is 10.8. The van der Waals surface area contributed by atoms with Crippen molar-refractivity contribution < 1.29 is 9.53 Å². The van der Waals surface area contributed by atoms with Gasteiger partial charge in [0.1, 0.15) is 40.7 Å². The van der Waals surface area contributed by atoms with E-state index in [9.17, 15) is 15.3 Å². The molecule has 0 aliphatic heterocycles. The quantitative estimate of drug-likeness (QED) is 0.805. The van der Waals surface area contributed by atoms with Gasteiger partial charge in [-0.2, -0.15) is 10.5 Å². The molecule has 2 aromatic rings. The first kappa shape index (κ1) is 19.3. The van der Waals surface area contributed by atoms with Crippen LogP contribution in [0.4, 0.5) is 11.6 Å². The fourth-order valence-corrected chi connectivity index (χ4v) is 1.90. The normalized spacial score (nSPS) is 9.00. The van der Waals surface area contributed by atoms with E-state index in [-0.39, 0.29) is 22.8 Å². The zero-order valence-electron chi connectivity index (χ0n) is 14.1. The number of carbonyl (C=O) groups is 1. The number of nitrogens with two attached hydrogens (primary N) is 2. The summed E-state index contributed by atoms with van der Waals surface area (Å²) in [4.78, 5) is 14.7. The number of nitrogen functional groups attached to an aromatic ring is 2. The second-order valence-electron chi connectivity index (χ2n) is 5.03. The van der Waals surface area contributed by atoms with Crippen LogP contribution in [0.3, 0.4) is 0 Å². The van der Waals surface area contributed by atoms with E-state index in [1.165, 1.54) is 4.90 Å². The maximum atomic E-state index is 9.43. The molecule has 4 N–H and O–H groups in total. The number of hydrogen-bond donors (Lipinski definition) is 2. The summed E-state index contributed by atoms with van der Waals surface area (Å²) in [6.07, 6.45) is 0.750. The predicted molar refractivity (Wildman–Crippen MR) is 94.2 cm³/mol. The topological polar surface area (TPSA) is 142 Å². The molecular formula is C17H18N6O2. The van der Waals surface area contributed by atoms with E-state index in [1.807, 2.05) is 12.1 Å². The first-order chi connectivity index (χ1) is 11.9. The van der Waals surface area contributed by atoms with Gasteiger partial charge in [-0.05, 0) is 17.7 Å². The third-order valence-electron chi connectivity index (χ3n) is 3.07. The van der Waals surface area contributed by atoms with Gasteiger partial charge in [0, 0.05) is 19.7 Å². The molecule has 25 heavy (non-hydrogen) atoms. The molecule has 128 valence electrons. The Kier molecular flexibility index (Phi) is 6.74. The van der Waals surface area contributed by atoms with Crippen LogP contribution in [0, 0.1) is 22.7 Å². The van der Waals surface area contributed by atoms with E-state index in [2.05, 4.69) is 4.98 Å². The van der Waals surface area contributed by atoms with Gasteiger partial charge in [0.2, 0.25) is 6.41 Å². The Morgan fingerprint density at radius 2 is 1.52 bits per heavy atom. The predicted octanol–water partition coefficient (Wildman–Crippen LogP) is 1.37. The van der Waals surface area contributed by atoms with E-state index < -0.39 is 0 Å². The number of rotatable bonds is 3. The summed E-state index contributed by atoms with van der Waals surface area (Å²) in [7, 11) is 4.93. The molecule has 1 aromatic heterocycles. The molecule has 0 saturated carbocycles. The highest BCUT2D eigenvalue weighted by atomic mass is 16.5. The Labute approximate surface area is 145 Å². The van der Waals surface area contributed by atoms with Crippen LogP contribution >= 0.6 is 0 Å². The molecule has 0 fully saturated rings. The number of methoxy groups -OCH3 is 1. The molecule has 0 aliphatic carbocycles. The molecule has 0 radical (unpaired) electrons. The van der Waals surface area contributed by atoms with Crippen molar-refractivity contribution in [3.05, 3.63) is 35.4 Å². The van der Waals surface area contributed by atoms with Crippen LogP contribution in [0.1, 0.15) is 11.1 Å². The van der Waals surface area contributed by atoms with Crippen LogP contribution in [-0.4, -0.2) is 37.5 Å². The molecule has 1 amide bonds. The van der Waals surface area contributed by atoms with Crippen LogP contribution in [0.15, 0.2) is 24.3 Å². The van der Waals surface area contributed by atoms with E-state index in [0.717, 1.165) is 6.41 Å². The third-order valence-corrected chi connectivity index (χ3v) is 3.07. The first-order valence-electron chi connectivity index (χ1n) is 7.04. The zero-order chi connectivity index (χ0) is 19.0. The zero-order valence-corrected chi connectivity index (χ0v) is 14.1. The van der Waals surface area contributed by atoms with Crippen molar-refractivity contribution in [2.24, 2.45) is 0 Å². The highest BCUT2D eigenvalue weighted by molar-refractivity contribution is 5.84. The minimum absolute atomic E-state index is 0.00909. The SMILES string of the molecule is CN(C)C=O.COc1ccc(-c2c(C#N)c(N)nc(N)c2C#N)cc1. The number of benzene rings is 1. The average molecular weight is 338 g/mol. The molecule has 0 spiro atoms. The Morgan fingerprint density at radius 1 is 1.08 bits per heavy atom. The number of anilines is 2. The second-order valence-corrected chi connectivity index (χ2v) is 5.03. The van der Waals surface area contributed by atoms with Gasteiger partial charge in [0.15, 0.2) is 0 Å². The number of carbonyl (C=O) groups excluding carboxylic acids is 1. The Bertz CT molecular complexity index is 794. The van der Waals surface area contributed by atoms with Gasteiger partial charge in [-0.3, -0.25) is 4.79 Å². The van der Waals surface area contributed by atoms with E-state index in [0.29, 0.717) is 16.9 Å².